The normalized spacial score (nSPS) is 11.6. The summed E-state index contributed by atoms with van der Waals surface area (Å²) < 4.78 is 5.35. The second-order valence-electron chi connectivity index (χ2n) is 4.24. The second-order valence-corrected chi connectivity index (χ2v) is 6.53. The fraction of sp³-hybridized carbons (Fsp3) is 0.417. The highest BCUT2D eigenvalue weighted by Gasteiger charge is 2.25. The number of ether oxygens (including phenoxy) is 1. The van der Waals surface area contributed by atoms with Crippen molar-refractivity contribution in [1.82, 2.24) is 10.2 Å². The Morgan fingerprint density at radius 3 is 2.67 bits per heavy atom. The van der Waals surface area contributed by atoms with E-state index in [1.165, 1.54) is 23.3 Å². The van der Waals surface area contributed by atoms with Crippen molar-refractivity contribution in [2.75, 3.05) is 14.2 Å². The molecule has 0 unspecified atom stereocenters. The van der Waals surface area contributed by atoms with Crippen molar-refractivity contribution in [3.63, 3.8) is 0 Å². The maximum absolute atomic E-state index is 11.9. The number of halogens is 1. The Bertz CT molecular complexity index is 533. The summed E-state index contributed by atoms with van der Waals surface area (Å²) in [5, 5.41) is 13.2. The molecule has 21 heavy (non-hydrogen) atoms. The van der Waals surface area contributed by atoms with Gasteiger partial charge in [0, 0.05) is 13.6 Å². The smallest absolute Gasteiger partial charge is 0.326 e. The van der Waals surface area contributed by atoms with Crippen molar-refractivity contribution in [3.05, 3.63) is 20.8 Å². The third-order valence-corrected chi connectivity index (χ3v) is 4.14. The summed E-state index contributed by atoms with van der Waals surface area (Å²) in [5.41, 5.74) is 0.921. The molecule has 9 heteroatoms. The molecular weight excluding hydrogens is 364 g/mol. The minimum absolute atomic E-state index is 0.332. The van der Waals surface area contributed by atoms with Crippen LogP contribution in [0.15, 0.2) is 15.2 Å². The minimum Gasteiger partial charge on any atom is -0.480 e. The van der Waals surface area contributed by atoms with Gasteiger partial charge in [-0.15, -0.1) is 11.3 Å². The van der Waals surface area contributed by atoms with Crippen LogP contribution in [0.25, 0.3) is 0 Å². The Morgan fingerprint density at radius 2 is 2.19 bits per heavy atom. The molecule has 116 valence electrons. The van der Waals surface area contributed by atoms with Crippen molar-refractivity contribution in [3.8, 4) is 0 Å². The first-order chi connectivity index (χ1) is 9.83. The molecule has 0 saturated carbocycles. The summed E-state index contributed by atoms with van der Waals surface area (Å²) in [7, 11) is 2.70. The van der Waals surface area contributed by atoms with Gasteiger partial charge in [-0.25, -0.2) is 9.59 Å². The molecule has 0 fully saturated rings. The van der Waals surface area contributed by atoms with Crippen molar-refractivity contribution in [1.29, 1.82) is 0 Å². The number of carbonyl (C=O) groups excluding carboxylic acids is 2. The summed E-state index contributed by atoms with van der Waals surface area (Å²) >= 11 is 4.82. The van der Waals surface area contributed by atoms with Gasteiger partial charge in [-0.05, 0) is 32.9 Å². The van der Waals surface area contributed by atoms with Crippen molar-refractivity contribution >= 4 is 45.2 Å². The highest BCUT2D eigenvalue weighted by molar-refractivity contribution is 9.11. The number of methoxy groups -OCH3 is 1. The number of amides is 2. The van der Waals surface area contributed by atoms with Gasteiger partial charge in [0.2, 0.25) is 0 Å². The van der Waals surface area contributed by atoms with Gasteiger partial charge in [-0.2, -0.15) is 0 Å². The molecule has 2 amide bonds. The number of nitrogens with one attached hydrogen (secondary N) is 1. The summed E-state index contributed by atoms with van der Waals surface area (Å²) in [6.07, 6.45) is -0.421. The van der Waals surface area contributed by atoms with Gasteiger partial charge in [-0.1, -0.05) is 0 Å². The molecule has 1 aromatic heterocycles. The molecule has 1 heterocycles. The molecule has 7 nitrogen and oxygen atoms in total. The van der Waals surface area contributed by atoms with Crippen LogP contribution in [0.4, 0.5) is 4.79 Å². The van der Waals surface area contributed by atoms with E-state index >= 15 is 0 Å². The molecule has 0 bridgehead atoms. The van der Waals surface area contributed by atoms with Gasteiger partial charge in [0.15, 0.2) is 0 Å². The van der Waals surface area contributed by atoms with Gasteiger partial charge in [0.05, 0.1) is 17.3 Å². The van der Waals surface area contributed by atoms with Crippen LogP contribution in [-0.2, 0) is 20.9 Å². The van der Waals surface area contributed by atoms with Crippen LogP contribution in [0.1, 0.15) is 12.0 Å². The standard InChI is InChI=1S/C12H15BrN2O5S/c1-15(5-7-3-9(13)21-6-7)12(19)14-8(11(17)18)4-10(16)20-2/h3,6,8H,4-5H2,1-2H3,(H,14,19)(H,17,18)/t8-/m0/s1. The first kappa shape index (κ1) is 17.4. The van der Waals surface area contributed by atoms with Crippen molar-refractivity contribution < 1.29 is 24.2 Å². The number of nitrogens with zero attached hydrogens (tertiary/aromatic N) is 1. The van der Waals surface area contributed by atoms with Crippen LogP contribution < -0.4 is 5.32 Å². The zero-order chi connectivity index (χ0) is 16.0. The SMILES string of the molecule is COC(=O)C[C@H](NC(=O)N(C)Cc1csc(Br)c1)C(=O)O. The Labute approximate surface area is 134 Å². The zero-order valence-corrected chi connectivity index (χ0v) is 13.9. The highest BCUT2D eigenvalue weighted by atomic mass is 79.9. The molecule has 0 aromatic carbocycles. The molecular formula is C12H15BrN2O5S. The van der Waals surface area contributed by atoms with Gasteiger partial charge < -0.3 is 20.1 Å². The number of rotatable bonds is 6. The molecule has 0 spiro atoms. The van der Waals surface area contributed by atoms with Crippen LogP contribution in [0, 0.1) is 0 Å². The Morgan fingerprint density at radius 1 is 1.52 bits per heavy atom. The molecule has 1 rings (SSSR count). The summed E-state index contributed by atoms with van der Waals surface area (Å²) in [4.78, 5) is 35.4. The predicted molar refractivity (Wildman–Crippen MR) is 80.1 cm³/mol. The number of carbonyl (C=O) groups is 3. The van der Waals surface area contributed by atoms with Crippen LogP contribution in [0.5, 0.6) is 0 Å². The first-order valence-electron chi connectivity index (χ1n) is 5.87. The van der Waals surface area contributed by atoms with E-state index in [2.05, 4.69) is 26.0 Å². The van der Waals surface area contributed by atoms with E-state index in [0.29, 0.717) is 6.54 Å². The fourth-order valence-corrected chi connectivity index (χ4v) is 2.68. The average molecular weight is 379 g/mol. The molecule has 0 radical (unpaired) electrons. The van der Waals surface area contributed by atoms with E-state index in [1.807, 2.05) is 11.4 Å². The average Bonchev–Trinajstić information content (AvgIpc) is 2.82. The Hall–Kier alpha value is -1.61. The fourth-order valence-electron chi connectivity index (χ4n) is 1.48. The lowest BCUT2D eigenvalue weighted by Crippen LogP contribution is -2.47. The number of carboxylic acid groups (broad SMARTS) is 1. The van der Waals surface area contributed by atoms with Crippen molar-refractivity contribution in [2.24, 2.45) is 0 Å². The molecule has 0 aliphatic rings. The topological polar surface area (TPSA) is 95.9 Å². The number of thiophene rings is 1. The summed E-state index contributed by atoms with van der Waals surface area (Å²) in [6.45, 7) is 0.332. The summed E-state index contributed by atoms with van der Waals surface area (Å²) in [6, 6.07) is -0.0207. The number of hydrogen-bond donors (Lipinski definition) is 2. The van der Waals surface area contributed by atoms with E-state index in [9.17, 15) is 14.4 Å². The van der Waals surface area contributed by atoms with Crippen LogP contribution >= 0.6 is 27.3 Å². The van der Waals surface area contributed by atoms with Gasteiger partial charge >= 0.3 is 18.0 Å². The molecule has 2 N–H and O–H groups in total. The molecule has 0 saturated heterocycles. The number of aliphatic carboxylic acids is 1. The van der Waals surface area contributed by atoms with E-state index < -0.39 is 30.4 Å². The molecule has 1 aromatic rings. The maximum atomic E-state index is 11.9. The Balaban J connectivity index is 2.59. The third-order valence-electron chi connectivity index (χ3n) is 2.58. The monoisotopic (exact) mass is 378 g/mol. The largest absolute Gasteiger partial charge is 0.480 e. The van der Waals surface area contributed by atoms with Gasteiger partial charge in [0.25, 0.3) is 0 Å². The lowest BCUT2D eigenvalue weighted by atomic mass is 10.2. The molecule has 1 atom stereocenters. The zero-order valence-electron chi connectivity index (χ0n) is 11.5. The maximum Gasteiger partial charge on any atom is 0.326 e. The lowest BCUT2D eigenvalue weighted by molar-refractivity contribution is -0.147. The quantitative estimate of drug-likeness (QED) is 0.733. The van der Waals surface area contributed by atoms with Crippen LogP contribution in [0.3, 0.4) is 0 Å². The van der Waals surface area contributed by atoms with Gasteiger partial charge in [-0.3, -0.25) is 4.79 Å². The first-order valence-corrected chi connectivity index (χ1v) is 7.55. The van der Waals surface area contributed by atoms with E-state index in [4.69, 9.17) is 5.11 Å². The van der Waals surface area contributed by atoms with Crippen molar-refractivity contribution in [2.45, 2.75) is 19.0 Å². The number of carboxylic acids is 1. The third kappa shape index (κ3) is 5.72. The summed E-state index contributed by atoms with van der Waals surface area (Å²) in [5.74, 6) is -1.99. The molecule has 0 aliphatic heterocycles. The molecule has 0 aliphatic carbocycles. The van der Waals surface area contributed by atoms with E-state index in [1.54, 1.807) is 0 Å². The van der Waals surface area contributed by atoms with E-state index in [-0.39, 0.29) is 0 Å². The Kier molecular flexibility index (Phi) is 6.63. The number of hydrogen-bond acceptors (Lipinski definition) is 5. The predicted octanol–water partition coefficient (Wildman–Crippen LogP) is 1.67. The lowest BCUT2D eigenvalue weighted by Gasteiger charge is -2.20. The van der Waals surface area contributed by atoms with Crippen LogP contribution in [-0.4, -0.2) is 48.2 Å². The number of urea groups is 1. The minimum atomic E-state index is -1.32. The van der Waals surface area contributed by atoms with Crippen LogP contribution in [0.2, 0.25) is 0 Å². The number of esters is 1. The second kappa shape index (κ2) is 7.99. The van der Waals surface area contributed by atoms with Gasteiger partial charge in [0.1, 0.15) is 6.04 Å². The van der Waals surface area contributed by atoms with E-state index in [0.717, 1.165) is 16.5 Å². The highest BCUT2D eigenvalue weighted by Crippen LogP contribution is 2.21.